The van der Waals surface area contributed by atoms with Gasteiger partial charge in [-0.3, -0.25) is 0 Å². The molecule has 1 aliphatic carbocycles. The van der Waals surface area contributed by atoms with Gasteiger partial charge in [0.15, 0.2) is 0 Å². The molecule has 1 saturated heterocycles. The molecule has 2 nitrogen and oxygen atoms in total. The van der Waals surface area contributed by atoms with Crippen molar-refractivity contribution in [3.8, 4) is 0 Å². The van der Waals surface area contributed by atoms with Crippen LogP contribution in [-0.2, 0) is 4.74 Å². The van der Waals surface area contributed by atoms with E-state index in [1.54, 1.807) is 0 Å². The van der Waals surface area contributed by atoms with E-state index in [0.717, 1.165) is 31.5 Å². The largest absolute Gasteiger partial charge is 0.378 e. The van der Waals surface area contributed by atoms with Crippen LogP contribution < -0.4 is 5.32 Å². The summed E-state index contributed by atoms with van der Waals surface area (Å²) < 4.78 is 5.98. The molecular weight excluding hydrogens is 234 g/mol. The Morgan fingerprint density at radius 1 is 1.16 bits per heavy atom. The fraction of sp³-hybridized carbons (Fsp3) is 1.00. The lowest BCUT2D eigenvalue weighted by Gasteiger charge is -2.40. The Labute approximate surface area is 119 Å². The molecule has 2 atom stereocenters. The highest BCUT2D eigenvalue weighted by molar-refractivity contribution is 4.97. The van der Waals surface area contributed by atoms with E-state index in [0.29, 0.717) is 11.5 Å². The van der Waals surface area contributed by atoms with Crippen molar-refractivity contribution in [1.29, 1.82) is 0 Å². The minimum Gasteiger partial charge on any atom is -0.378 e. The van der Waals surface area contributed by atoms with Crippen LogP contribution in [0.25, 0.3) is 0 Å². The maximum absolute atomic E-state index is 5.98. The van der Waals surface area contributed by atoms with Crippen molar-refractivity contribution in [3.63, 3.8) is 0 Å². The first kappa shape index (κ1) is 15.3. The molecule has 2 fully saturated rings. The van der Waals surface area contributed by atoms with E-state index >= 15 is 0 Å². The number of hydrogen-bond donors (Lipinski definition) is 1. The third kappa shape index (κ3) is 3.72. The van der Waals surface area contributed by atoms with Crippen molar-refractivity contribution >= 4 is 0 Å². The van der Waals surface area contributed by atoms with Gasteiger partial charge in [0.05, 0.1) is 6.10 Å². The topological polar surface area (TPSA) is 21.3 Å². The average molecular weight is 267 g/mol. The van der Waals surface area contributed by atoms with Gasteiger partial charge in [-0.25, -0.2) is 0 Å². The van der Waals surface area contributed by atoms with Crippen LogP contribution in [-0.4, -0.2) is 25.8 Å². The minimum absolute atomic E-state index is 0.416. The maximum atomic E-state index is 5.98. The predicted octanol–water partition coefficient (Wildman–Crippen LogP) is 4.00. The number of hydrogen-bond acceptors (Lipinski definition) is 2. The number of ether oxygens (including phenoxy) is 1. The normalized spacial score (nSPS) is 33.8. The zero-order chi connectivity index (χ0) is 13.7. The van der Waals surface area contributed by atoms with E-state index in [-0.39, 0.29) is 0 Å². The van der Waals surface area contributed by atoms with Gasteiger partial charge >= 0.3 is 0 Å². The van der Waals surface area contributed by atoms with Gasteiger partial charge < -0.3 is 10.1 Å². The molecule has 1 heterocycles. The molecular formula is C17H33NO. The molecule has 0 bridgehead atoms. The molecule has 1 aliphatic heterocycles. The van der Waals surface area contributed by atoms with Crippen molar-refractivity contribution in [3.05, 3.63) is 0 Å². The Morgan fingerprint density at radius 3 is 2.37 bits per heavy atom. The highest BCUT2D eigenvalue weighted by Gasteiger charge is 2.46. The zero-order valence-electron chi connectivity index (χ0n) is 13.2. The van der Waals surface area contributed by atoms with E-state index in [1.807, 2.05) is 0 Å². The lowest BCUT2D eigenvalue weighted by Crippen LogP contribution is -2.46. The number of rotatable bonds is 5. The summed E-state index contributed by atoms with van der Waals surface area (Å²) in [6.07, 6.45) is 10.3. The van der Waals surface area contributed by atoms with E-state index in [2.05, 4.69) is 26.1 Å². The second-order valence-corrected chi connectivity index (χ2v) is 7.21. The van der Waals surface area contributed by atoms with E-state index < -0.39 is 0 Å². The molecule has 0 aromatic carbocycles. The third-order valence-electron chi connectivity index (χ3n) is 5.42. The first-order valence-corrected chi connectivity index (χ1v) is 8.47. The standard InChI is InChI=1S/C17H33NO/c1-14(2)12-18-13-17(10-11-19-15(17)3)16-8-6-4-5-7-9-16/h14-16,18H,4-13H2,1-3H3. The van der Waals surface area contributed by atoms with Crippen LogP contribution in [0.1, 0.15) is 65.7 Å². The van der Waals surface area contributed by atoms with Crippen LogP contribution >= 0.6 is 0 Å². The van der Waals surface area contributed by atoms with Gasteiger partial charge in [-0.15, -0.1) is 0 Å². The molecule has 0 aromatic rings. The summed E-state index contributed by atoms with van der Waals surface area (Å²) in [5.41, 5.74) is 0.416. The van der Waals surface area contributed by atoms with Gasteiger partial charge in [-0.1, -0.05) is 39.5 Å². The minimum atomic E-state index is 0.416. The van der Waals surface area contributed by atoms with Crippen molar-refractivity contribution in [2.45, 2.75) is 71.8 Å². The van der Waals surface area contributed by atoms with Crippen molar-refractivity contribution < 1.29 is 4.74 Å². The van der Waals surface area contributed by atoms with Crippen LogP contribution in [0.15, 0.2) is 0 Å². The van der Waals surface area contributed by atoms with Crippen molar-refractivity contribution in [2.75, 3.05) is 19.7 Å². The van der Waals surface area contributed by atoms with Gasteiger partial charge in [-0.2, -0.15) is 0 Å². The molecule has 19 heavy (non-hydrogen) atoms. The molecule has 1 N–H and O–H groups in total. The summed E-state index contributed by atoms with van der Waals surface area (Å²) in [4.78, 5) is 0. The highest BCUT2D eigenvalue weighted by atomic mass is 16.5. The smallest absolute Gasteiger partial charge is 0.0618 e. The molecule has 0 amide bonds. The molecule has 2 unspecified atom stereocenters. The average Bonchev–Trinajstić information content (AvgIpc) is 2.61. The van der Waals surface area contributed by atoms with Crippen molar-refractivity contribution in [1.82, 2.24) is 5.32 Å². The Bertz CT molecular complexity index is 258. The highest BCUT2D eigenvalue weighted by Crippen LogP contribution is 2.46. The van der Waals surface area contributed by atoms with Crippen LogP contribution in [0.4, 0.5) is 0 Å². The van der Waals surface area contributed by atoms with Crippen LogP contribution in [0.5, 0.6) is 0 Å². The first-order chi connectivity index (χ1) is 9.15. The van der Waals surface area contributed by atoms with E-state index in [9.17, 15) is 0 Å². The van der Waals surface area contributed by atoms with Crippen LogP contribution in [0.3, 0.4) is 0 Å². The maximum Gasteiger partial charge on any atom is 0.0618 e. The van der Waals surface area contributed by atoms with Gasteiger partial charge in [0, 0.05) is 18.6 Å². The summed E-state index contributed by atoms with van der Waals surface area (Å²) in [6, 6.07) is 0. The Morgan fingerprint density at radius 2 is 1.84 bits per heavy atom. The van der Waals surface area contributed by atoms with Crippen LogP contribution in [0.2, 0.25) is 0 Å². The molecule has 2 heteroatoms. The molecule has 112 valence electrons. The molecule has 2 rings (SSSR count). The Hall–Kier alpha value is -0.0800. The summed E-state index contributed by atoms with van der Waals surface area (Å²) in [6.45, 7) is 10.2. The summed E-state index contributed by atoms with van der Waals surface area (Å²) in [5.74, 6) is 1.62. The predicted molar refractivity (Wildman–Crippen MR) is 81.4 cm³/mol. The second-order valence-electron chi connectivity index (χ2n) is 7.21. The quantitative estimate of drug-likeness (QED) is 0.760. The molecule has 1 saturated carbocycles. The zero-order valence-corrected chi connectivity index (χ0v) is 13.2. The van der Waals surface area contributed by atoms with Gasteiger partial charge in [-0.05, 0) is 44.6 Å². The monoisotopic (exact) mass is 267 g/mol. The lowest BCUT2D eigenvalue weighted by atomic mass is 9.67. The van der Waals surface area contributed by atoms with Gasteiger partial charge in [0.2, 0.25) is 0 Å². The second kappa shape index (κ2) is 7.08. The fourth-order valence-electron chi connectivity index (χ4n) is 4.16. The first-order valence-electron chi connectivity index (χ1n) is 8.47. The number of nitrogens with one attached hydrogen (secondary N) is 1. The van der Waals surface area contributed by atoms with E-state index in [1.165, 1.54) is 44.9 Å². The summed E-state index contributed by atoms with van der Waals surface area (Å²) in [5, 5.41) is 3.74. The van der Waals surface area contributed by atoms with E-state index in [4.69, 9.17) is 4.74 Å². The lowest BCUT2D eigenvalue weighted by molar-refractivity contribution is 0.0219. The molecule has 2 aliphatic rings. The third-order valence-corrected chi connectivity index (χ3v) is 5.42. The molecule has 0 radical (unpaired) electrons. The summed E-state index contributed by atoms with van der Waals surface area (Å²) >= 11 is 0. The molecule has 0 spiro atoms. The molecule has 0 aromatic heterocycles. The SMILES string of the molecule is CC(C)CNCC1(C2CCCCCC2)CCOC1C. The Kier molecular flexibility index (Phi) is 5.70. The summed E-state index contributed by atoms with van der Waals surface area (Å²) in [7, 11) is 0. The van der Waals surface area contributed by atoms with Gasteiger partial charge in [0.25, 0.3) is 0 Å². The Balaban J connectivity index is 2.01. The van der Waals surface area contributed by atoms with Crippen LogP contribution in [0, 0.1) is 17.3 Å². The van der Waals surface area contributed by atoms with Crippen molar-refractivity contribution in [2.24, 2.45) is 17.3 Å². The fourth-order valence-corrected chi connectivity index (χ4v) is 4.16. The van der Waals surface area contributed by atoms with Gasteiger partial charge in [0.1, 0.15) is 0 Å².